The molecule has 2 heteroatoms. The third-order valence-corrected chi connectivity index (χ3v) is 2.51. The van der Waals surface area contributed by atoms with Crippen LogP contribution in [0.15, 0.2) is 25.3 Å². The van der Waals surface area contributed by atoms with Crippen LogP contribution in [0.2, 0.25) is 0 Å². The van der Waals surface area contributed by atoms with E-state index in [-0.39, 0.29) is 17.9 Å². The molecule has 0 bridgehead atoms. The number of unbranched alkanes of at least 4 members (excludes halogenated alkanes) is 2. The molecule has 2 nitrogen and oxygen atoms in total. The van der Waals surface area contributed by atoms with Gasteiger partial charge < -0.3 is 5.32 Å². The summed E-state index contributed by atoms with van der Waals surface area (Å²) in [5.74, 6) is 0.366. The molecule has 72 valence electrons. The minimum Gasteiger partial charge on any atom is -0.349 e. The van der Waals surface area contributed by atoms with E-state index in [1.54, 1.807) is 0 Å². The van der Waals surface area contributed by atoms with Gasteiger partial charge in [-0.2, -0.15) is 0 Å². The van der Waals surface area contributed by atoms with Crippen molar-refractivity contribution in [3.05, 3.63) is 25.3 Å². The predicted molar refractivity (Wildman–Crippen MR) is 54.3 cm³/mol. The Bertz CT molecular complexity index is 210. The number of amides is 1. The molecule has 0 aromatic heterocycles. The van der Waals surface area contributed by atoms with Gasteiger partial charge in [0.05, 0.1) is 12.0 Å². The van der Waals surface area contributed by atoms with Gasteiger partial charge in [0.25, 0.3) is 0 Å². The number of hydrogen-bond acceptors (Lipinski definition) is 1. The van der Waals surface area contributed by atoms with Crippen LogP contribution >= 0.6 is 0 Å². The molecule has 0 aromatic carbocycles. The Balaban J connectivity index is 2.16. The maximum Gasteiger partial charge on any atom is 0.226 e. The lowest BCUT2D eigenvalue weighted by Crippen LogP contribution is -2.56. The predicted octanol–water partition coefficient (Wildman–Crippen LogP) is 2.03. The summed E-state index contributed by atoms with van der Waals surface area (Å²) >= 11 is 0. The van der Waals surface area contributed by atoms with Crippen LogP contribution in [-0.2, 0) is 4.79 Å². The number of carbonyl (C=O) groups excluding carboxylic acids is 1. The second-order valence-corrected chi connectivity index (χ2v) is 3.45. The Kier molecular flexibility index (Phi) is 3.74. The van der Waals surface area contributed by atoms with E-state index in [1.165, 1.54) is 0 Å². The molecule has 1 aliphatic heterocycles. The Morgan fingerprint density at radius 1 is 1.38 bits per heavy atom. The van der Waals surface area contributed by atoms with E-state index in [0.717, 1.165) is 25.7 Å². The largest absolute Gasteiger partial charge is 0.349 e. The third-order valence-electron chi connectivity index (χ3n) is 2.51. The molecule has 1 heterocycles. The van der Waals surface area contributed by atoms with Crippen LogP contribution in [0.1, 0.15) is 25.7 Å². The zero-order valence-electron chi connectivity index (χ0n) is 7.96. The van der Waals surface area contributed by atoms with Gasteiger partial charge in [0.1, 0.15) is 0 Å². The molecular weight excluding hydrogens is 162 g/mol. The van der Waals surface area contributed by atoms with E-state index < -0.39 is 0 Å². The van der Waals surface area contributed by atoms with E-state index >= 15 is 0 Å². The minimum atomic E-state index is 0.183. The van der Waals surface area contributed by atoms with Gasteiger partial charge in [-0.1, -0.05) is 18.6 Å². The molecule has 0 unspecified atom stereocenters. The first kappa shape index (κ1) is 10.0. The number of carbonyl (C=O) groups is 1. The topological polar surface area (TPSA) is 29.1 Å². The summed E-state index contributed by atoms with van der Waals surface area (Å²) in [5, 5.41) is 2.81. The molecule has 1 amide bonds. The van der Waals surface area contributed by atoms with Crippen molar-refractivity contribution in [1.29, 1.82) is 0 Å². The summed E-state index contributed by atoms with van der Waals surface area (Å²) in [6.07, 6.45) is 8.01. The first-order valence-electron chi connectivity index (χ1n) is 4.83. The quantitative estimate of drug-likeness (QED) is 0.377. The number of β-lactam (4-membered cyclic amide) rings is 1. The van der Waals surface area contributed by atoms with Gasteiger partial charge in [-0.3, -0.25) is 4.79 Å². The molecule has 0 aliphatic carbocycles. The third kappa shape index (κ3) is 2.44. The van der Waals surface area contributed by atoms with Gasteiger partial charge in [-0.25, -0.2) is 0 Å². The molecule has 1 N–H and O–H groups in total. The number of allylic oxidation sites excluding steroid dienone is 1. The first-order chi connectivity index (χ1) is 6.29. The van der Waals surface area contributed by atoms with Gasteiger partial charge in [-0.05, 0) is 19.3 Å². The highest BCUT2D eigenvalue weighted by Gasteiger charge is 2.35. The maximum absolute atomic E-state index is 11.1. The normalized spacial score (nSPS) is 26.0. The molecule has 1 fully saturated rings. The lowest BCUT2D eigenvalue weighted by atomic mass is 9.86. The van der Waals surface area contributed by atoms with E-state index in [1.807, 2.05) is 12.2 Å². The zero-order chi connectivity index (χ0) is 9.68. The van der Waals surface area contributed by atoms with Gasteiger partial charge >= 0.3 is 0 Å². The highest BCUT2D eigenvalue weighted by atomic mass is 16.2. The standard InChI is InChI=1S/C11H17NO/c1-3-5-6-7-8-9-10(4-2)12-11(9)13/h3-4,9-10H,1-2,5-8H2,(H,12,13)/t9-,10+/m1/s1. The smallest absolute Gasteiger partial charge is 0.226 e. The van der Waals surface area contributed by atoms with Gasteiger partial charge in [0.15, 0.2) is 0 Å². The van der Waals surface area contributed by atoms with Crippen molar-refractivity contribution in [2.24, 2.45) is 5.92 Å². The second kappa shape index (κ2) is 4.85. The average Bonchev–Trinajstić information content (AvgIpc) is 2.13. The highest BCUT2D eigenvalue weighted by Crippen LogP contribution is 2.22. The highest BCUT2D eigenvalue weighted by molar-refractivity contribution is 5.86. The molecule has 0 spiro atoms. The summed E-state index contributed by atoms with van der Waals surface area (Å²) in [5.41, 5.74) is 0. The summed E-state index contributed by atoms with van der Waals surface area (Å²) in [7, 11) is 0. The fourth-order valence-electron chi connectivity index (χ4n) is 1.63. The van der Waals surface area contributed by atoms with Crippen LogP contribution in [0.25, 0.3) is 0 Å². The number of hydrogen-bond donors (Lipinski definition) is 1. The minimum absolute atomic E-state index is 0.183. The average molecular weight is 179 g/mol. The van der Waals surface area contributed by atoms with E-state index in [9.17, 15) is 4.79 Å². The Morgan fingerprint density at radius 2 is 2.15 bits per heavy atom. The first-order valence-corrected chi connectivity index (χ1v) is 4.83. The number of rotatable bonds is 6. The van der Waals surface area contributed by atoms with Crippen LogP contribution in [0, 0.1) is 5.92 Å². The molecule has 1 saturated heterocycles. The summed E-state index contributed by atoms with van der Waals surface area (Å²) < 4.78 is 0. The van der Waals surface area contributed by atoms with Crippen molar-refractivity contribution in [1.82, 2.24) is 5.32 Å². The SMILES string of the molecule is C=CCCCC[C@H]1C(=O)N[C@H]1C=C. The zero-order valence-corrected chi connectivity index (χ0v) is 7.96. The van der Waals surface area contributed by atoms with Crippen LogP contribution in [-0.4, -0.2) is 11.9 Å². The van der Waals surface area contributed by atoms with Crippen molar-refractivity contribution < 1.29 is 4.79 Å². The fourth-order valence-corrected chi connectivity index (χ4v) is 1.63. The van der Waals surface area contributed by atoms with Crippen molar-refractivity contribution >= 4 is 5.91 Å². The van der Waals surface area contributed by atoms with E-state index in [2.05, 4.69) is 18.5 Å². The van der Waals surface area contributed by atoms with E-state index in [4.69, 9.17) is 0 Å². The van der Waals surface area contributed by atoms with Crippen LogP contribution in [0.3, 0.4) is 0 Å². The van der Waals surface area contributed by atoms with Crippen molar-refractivity contribution in [2.75, 3.05) is 0 Å². The van der Waals surface area contributed by atoms with Gasteiger partial charge in [0.2, 0.25) is 5.91 Å². The molecule has 2 atom stereocenters. The molecule has 0 saturated carbocycles. The summed E-state index contributed by atoms with van der Waals surface area (Å²) in [4.78, 5) is 11.1. The van der Waals surface area contributed by atoms with Gasteiger partial charge in [-0.15, -0.1) is 13.2 Å². The maximum atomic E-state index is 11.1. The van der Waals surface area contributed by atoms with Crippen LogP contribution in [0.4, 0.5) is 0 Å². The molecule has 1 rings (SSSR count). The lowest BCUT2D eigenvalue weighted by Gasteiger charge is -2.34. The molecule has 13 heavy (non-hydrogen) atoms. The van der Waals surface area contributed by atoms with E-state index in [0.29, 0.717) is 0 Å². The van der Waals surface area contributed by atoms with Crippen molar-refractivity contribution in [2.45, 2.75) is 31.7 Å². The molecule has 1 aliphatic rings. The Morgan fingerprint density at radius 3 is 2.69 bits per heavy atom. The lowest BCUT2D eigenvalue weighted by molar-refractivity contribution is -0.133. The molecule has 0 aromatic rings. The van der Waals surface area contributed by atoms with Crippen molar-refractivity contribution in [3.8, 4) is 0 Å². The van der Waals surface area contributed by atoms with Gasteiger partial charge in [0, 0.05) is 0 Å². The Hall–Kier alpha value is -1.05. The van der Waals surface area contributed by atoms with Crippen molar-refractivity contribution in [3.63, 3.8) is 0 Å². The number of nitrogens with one attached hydrogen (secondary N) is 1. The van der Waals surface area contributed by atoms with Crippen LogP contribution in [0.5, 0.6) is 0 Å². The molecule has 0 radical (unpaired) electrons. The fraction of sp³-hybridized carbons (Fsp3) is 0.545. The monoisotopic (exact) mass is 179 g/mol. The summed E-state index contributed by atoms with van der Waals surface area (Å²) in [6.45, 7) is 7.34. The molecular formula is C11H17NO. The second-order valence-electron chi connectivity index (χ2n) is 3.45. The summed E-state index contributed by atoms with van der Waals surface area (Å²) in [6, 6.07) is 0.219. The van der Waals surface area contributed by atoms with Crippen LogP contribution < -0.4 is 5.32 Å². The Labute approximate surface area is 79.7 Å².